The van der Waals surface area contributed by atoms with Crippen LogP contribution in [0.15, 0.2) is 33.9 Å². The summed E-state index contributed by atoms with van der Waals surface area (Å²) in [6.45, 7) is 1.81. The molecule has 1 heterocycles. The molecule has 0 aromatic heterocycles. The predicted octanol–water partition coefficient (Wildman–Crippen LogP) is 2.34. The molecule has 0 bridgehead atoms. The molecule has 1 unspecified atom stereocenters. The molecule has 0 aliphatic carbocycles. The van der Waals surface area contributed by atoms with Gasteiger partial charge in [0.25, 0.3) is 5.91 Å². The lowest BCUT2D eigenvalue weighted by Crippen LogP contribution is -2.19. The van der Waals surface area contributed by atoms with E-state index in [0.717, 1.165) is 5.56 Å². The second kappa shape index (κ2) is 6.81. The molecule has 8 heteroatoms. The molecule has 1 atom stereocenters. The van der Waals surface area contributed by atoms with E-state index in [1.165, 1.54) is 0 Å². The highest BCUT2D eigenvalue weighted by atomic mass is 35.5. The van der Waals surface area contributed by atoms with Gasteiger partial charge in [0.2, 0.25) is 0 Å². The molecule has 0 saturated heterocycles. The normalized spacial score (nSPS) is 17.4. The van der Waals surface area contributed by atoms with Gasteiger partial charge >= 0.3 is 0 Å². The van der Waals surface area contributed by atoms with Crippen LogP contribution in [0, 0.1) is 6.92 Å². The second-order valence-corrected chi connectivity index (χ2v) is 7.26. The molecule has 0 radical (unpaired) electrons. The largest absolute Gasteiger partial charge is 0.383 e. The monoisotopic (exact) mass is 359 g/mol. The Morgan fingerprint density at radius 2 is 2.00 bits per heavy atom. The van der Waals surface area contributed by atoms with E-state index in [0.29, 0.717) is 26.2 Å². The molecule has 1 aliphatic heterocycles. The van der Waals surface area contributed by atoms with Gasteiger partial charge in [-0.3, -0.25) is 9.00 Å². The van der Waals surface area contributed by atoms with Crippen molar-refractivity contribution in [1.29, 1.82) is 0 Å². The van der Waals surface area contributed by atoms with Gasteiger partial charge in [0.05, 0.1) is 37.8 Å². The zero-order valence-corrected chi connectivity index (χ0v) is 14.6. The first-order chi connectivity index (χ1) is 10.3. The average Bonchev–Trinajstić information content (AvgIpc) is 2.75. The highest BCUT2D eigenvalue weighted by molar-refractivity contribution is 7.86. The summed E-state index contributed by atoms with van der Waals surface area (Å²) < 4.78 is 12.5. The number of rotatable bonds is 4. The molecule has 0 spiro atoms. The third-order valence-electron chi connectivity index (χ3n) is 2.96. The van der Waals surface area contributed by atoms with Gasteiger partial charge in [-0.05, 0) is 24.6 Å². The number of hydrazone groups is 1. The maximum atomic E-state index is 12.5. The van der Waals surface area contributed by atoms with Crippen molar-refractivity contribution >= 4 is 45.6 Å². The van der Waals surface area contributed by atoms with Gasteiger partial charge in [0.15, 0.2) is 0 Å². The number of nitrogens with one attached hydrogen (secondary N) is 1. The van der Waals surface area contributed by atoms with Crippen LogP contribution in [0.2, 0.25) is 10.0 Å². The lowest BCUT2D eigenvalue weighted by atomic mass is 10.2. The molecule has 0 saturated carbocycles. The molecular formula is C14H15Cl2N3O2S. The fraction of sp³-hybridized carbons (Fsp3) is 0.286. The number of amides is 1. The molecule has 22 heavy (non-hydrogen) atoms. The molecule has 2 rings (SSSR count). The zero-order chi connectivity index (χ0) is 16.4. The quantitative estimate of drug-likeness (QED) is 0.839. The van der Waals surface area contributed by atoms with E-state index < -0.39 is 10.8 Å². The van der Waals surface area contributed by atoms with Crippen LogP contribution in [0.5, 0.6) is 0 Å². The summed E-state index contributed by atoms with van der Waals surface area (Å²) in [4.78, 5) is 14.0. The van der Waals surface area contributed by atoms with Gasteiger partial charge in [-0.1, -0.05) is 23.2 Å². The molecule has 118 valence electrons. The number of benzene rings is 1. The predicted molar refractivity (Wildman–Crippen MR) is 89.8 cm³/mol. The first-order valence-electron chi connectivity index (χ1n) is 6.39. The first-order valence-corrected chi connectivity index (χ1v) is 8.46. The van der Waals surface area contributed by atoms with Crippen LogP contribution in [-0.4, -0.2) is 40.6 Å². The van der Waals surface area contributed by atoms with Gasteiger partial charge in [-0.15, -0.1) is 0 Å². The van der Waals surface area contributed by atoms with Crippen molar-refractivity contribution in [3.05, 3.63) is 39.5 Å². The highest BCUT2D eigenvalue weighted by Gasteiger charge is 2.25. The van der Waals surface area contributed by atoms with Crippen molar-refractivity contribution in [3.8, 4) is 0 Å². The fourth-order valence-electron chi connectivity index (χ4n) is 1.88. The van der Waals surface area contributed by atoms with E-state index in [2.05, 4.69) is 10.5 Å². The minimum Gasteiger partial charge on any atom is -0.383 e. The van der Waals surface area contributed by atoms with Crippen LogP contribution in [0.3, 0.4) is 0 Å². The number of nitrogens with zero attached hydrogens (tertiary/aromatic N) is 2. The lowest BCUT2D eigenvalue weighted by Gasteiger charge is -2.09. The summed E-state index contributed by atoms with van der Waals surface area (Å²) in [5.74, 6) is -0.210. The number of aryl methyl sites for hydroxylation is 1. The Hall–Kier alpha value is -1.37. The standard InChI is InChI=1S/C14H15Cl2N3O2S/c1-8-4-13(11(16)5-10(8)15)22(21)7-12-9(6-19(2)3)14(20)18-17-12/h4-6H,7H2,1-3H3,(H,18,20)/b9-6-. The lowest BCUT2D eigenvalue weighted by molar-refractivity contribution is -0.116. The molecule has 1 aromatic carbocycles. The molecule has 1 aromatic rings. The summed E-state index contributed by atoms with van der Waals surface area (Å²) in [7, 11) is 2.17. The summed E-state index contributed by atoms with van der Waals surface area (Å²) in [6, 6.07) is 3.27. The summed E-state index contributed by atoms with van der Waals surface area (Å²) in [5, 5.41) is 4.81. The van der Waals surface area contributed by atoms with Gasteiger partial charge in [-0.2, -0.15) is 5.10 Å². The van der Waals surface area contributed by atoms with E-state index in [9.17, 15) is 9.00 Å². The number of carbonyl (C=O) groups is 1. The van der Waals surface area contributed by atoms with E-state index in [1.807, 2.05) is 6.92 Å². The first kappa shape index (κ1) is 17.0. The molecule has 1 aliphatic rings. The maximum Gasteiger partial charge on any atom is 0.274 e. The van der Waals surface area contributed by atoms with Crippen molar-refractivity contribution in [1.82, 2.24) is 10.3 Å². The Labute approximate surface area is 141 Å². The van der Waals surface area contributed by atoms with Crippen molar-refractivity contribution in [2.45, 2.75) is 11.8 Å². The highest BCUT2D eigenvalue weighted by Crippen LogP contribution is 2.27. The van der Waals surface area contributed by atoms with Crippen LogP contribution in [-0.2, 0) is 15.6 Å². The second-order valence-electron chi connectivity index (χ2n) is 5.03. The Bertz CT molecular complexity index is 714. The third kappa shape index (κ3) is 3.69. The van der Waals surface area contributed by atoms with Gasteiger partial charge in [0, 0.05) is 25.3 Å². The minimum atomic E-state index is -1.43. The van der Waals surface area contributed by atoms with E-state index in [4.69, 9.17) is 23.2 Å². The molecule has 5 nitrogen and oxygen atoms in total. The summed E-state index contributed by atoms with van der Waals surface area (Å²) in [6.07, 6.45) is 1.65. The SMILES string of the molecule is Cc1cc(S(=O)CC2=NNC(=O)/C2=C\N(C)C)c(Cl)cc1Cl. The van der Waals surface area contributed by atoms with Gasteiger partial charge < -0.3 is 4.90 Å². The number of hydrogen-bond acceptors (Lipinski definition) is 4. The molecular weight excluding hydrogens is 345 g/mol. The van der Waals surface area contributed by atoms with Crippen LogP contribution >= 0.6 is 23.2 Å². The van der Waals surface area contributed by atoms with Crippen LogP contribution in [0.1, 0.15) is 5.56 Å². The average molecular weight is 360 g/mol. The fourth-order valence-corrected chi connectivity index (χ4v) is 3.73. The van der Waals surface area contributed by atoms with Crippen LogP contribution < -0.4 is 5.43 Å². The van der Waals surface area contributed by atoms with Gasteiger partial charge in [0.1, 0.15) is 0 Å². The van der Waals surface area contributed by atoms with Crippen molar-refractivity contribution in [3.63, 3.8) is 0 Å². The maximum absolute atomic E-state index is 12.5. The Balaban J connectivity index is 2.26. The Kier molecular flexibility index (Phi) is 5.26. The minimum absolute atomic E-state index is 0.0964. The Morgan fingerprint density at radius 1 is 1.32 bits per heavy atom. The number of carbonyl (C=O) groups excluding carboxylic acids is 1. The third-order valence-corrected chi connectivity index (χ3v) is 5.16. The van der Waals surface area contributed by atoms with Crippen molar-refractivity contribution in [2.75, 3.05) is 19.8 Å². The van der Waals surface area contributed by atoms with Crippen molar-refractivity contribution in [2.24, 2.45) is 5.10 Å². The zero-order valence-electron chi connectivity index (χ0n) is 12.3. The summed E-state index contributed by atoms with van der Waals surface area (Å²) in [5.41, 5.74) is 4.02. The number of hydrogen-bond donors (Lipinski definition) is 1. The van der Waals surface area contributed by atoms with E-state index in [1.54, 1.807) is 37.3 Å². The topological polar surface area (TPSA) is 61.8 Å². The molecule has 0 fully saturated rings. The van der Waals surface area contributed by atoms with E-state index in [-0.39, 0.29) is 11.7 Å². The molecule has 1 N–H and O–H groups in total. The van der Waals surface area contributed by atoms with E-state index >= 15 is 0 Å². The van der Waals surface area contributed by atoms with Crippen LogP contribution in [0.4, 0.5) is 0 Å². The van der Waals surface area contributed by atoms with Crippen molar-refractivity contribution < 1.29 is 9.00 Å². The smallest absolute Gasteiger partial charge is 0.274 e. The molecule has 1 amide bonds. The van der Waals surface area contributed by atoms with Crippen LogP contribution in [0.25, 0.3) is 0 Å². The summed E-state index contributed by atoms with van der Waals surface area (Å²) >= 11 is 12.1. The Morgan fingerprint density at radius 3 is 2.64 bits per heavy atom. The number of halogens is 2. The van der Waals surface area contributed by atoms with Gasteiger partial charge in [-0.25, -0.2) is 5.43 Å².